The van der Waals surface area contributed by atoms with Gasteiger partial charge in [-0.25, -0.2) is 0 Å². The number of azide groups is 1. The van der Waals surface area contributed by atoms with Gasteiger partial charge in [-0.15, -0.1) is 0 Å². The van der Waals surface area contributed by atoms with E-state index in [2.05, 4.69) is 40.2 Å². The Labute approximate surface area is 95.3 Å². The second-order valence-corrected chi connectivity index (χ2v) is 3.17. The summed E-state index contributed by atoms with van der Waals surface area (Å²) in [6.07, 6.45) is 0. The van der Waals surface area contributed by atoms with E-state index < -0.39 is 0 Å². The Morgan fingerprint density at radius 3 is 3.12 bits per heavy atom. The van der Waals surface area contributed by atoms with Crippen LogP contribution in [-0.2, 0) is 6.54 Å². The molecule has 0 heterocycles. The lowest BCUT2D eigenvalue weighted by Gasteiger charge is -2.01. The molecule has 16 heavy (non-hydrogen) atoms. The Kier molecular flexibility index (Phi) is 5.57. The van der Waals surface area contributed by atoms with Crippen molar-refractivity contribution in [1.82, 2.24) is 5.32 Å². The zero-order valence-electron chi connectivity index (χ0n) is 9.27. The third kappa shape index (κ3) is 4.52. The molecule has 4 nitrogen and oxygen atoms in total. The Morgan fingerprint density at radius 1 is 1.50 bits per heavy atom. The molecule has 0 bridgehead atoms. The highest BCUT2D eigenvalue weighted by atomic mass is 15.1. The van der Waals surface area contributed by atoms with Crippen LogP contribution in [0.3, 0.4) is 0 Å². The molecule has 1 N–H and O–H groups in total. The lowest BCUT2D eigenvalue weighted by molar-refractivity contribution is 0.727. The van der Waals surface area contributed by atoms with Gasteiger partial charge in [-0.05, 0) is 29.8 Å². The summed E-state index contributed by atoms with van der Waals surface area (Å²) >= 11 is 0. The molecule has 0 saturated heterocycles. The molecule has 4 heteroatoms. The second-order valence-electron chi connectivity index (χ2n) is 3.17. The normalized spacial score (nSPS) is 8.81. The minimum atomic E-state index is 0.216. The molecule has 1 rings (SSSR count). The van der Waals surface area contributed by atoms with E-state index >= 15 is 0 Å². The Morgan fingerprint density at radius 2 is 2.38 bits per heavy atom. The highest BCUT2D eigenvalue weighted by Crippen LogP contribution is 2.03. The number of nitrogens with zero attached hydrogens (tertiary/aromatic N) is 3. The highest BCUT2D eigenvalue weighted by Gasteiger charge is 1.92. The summed E-state index contributed by atoms with van der Waals surface area (Å²) in [7, 11) is 0. The smallest absolute Gasteiger partial charge is 0.0880 e. The van der Waals surface area contributed by atoms with E-state index in [1.54, 1.807) is 0 Å². The van der Waals surface area contributed by atoms with Crippen molar-refractivity contribution >= 4 is 0 Å². The molecule has 0 radical (unpaired) electrons. The van der Waals surface area contributed by atoms with E-state index in [-0.39, 0.29) is 6.54 Å². The molecule has 1 aromatic rings. The molecule has 0 unspecified atom stereocenters. The van der Waals surface area contributed by atoms with Crippen LogP contribution >= 0.6 is 0 Å². The number of nitrogens with one attached hydrogen (secondary N) is 1. The first-order chi connectivity index (χ1) is 7.86. The Bertz CT molecular complexity index is 436. The van der Waals surface area contributed by atoms with Crippen molar-refractivity contribution in [3.63, 3.8) is 0 Å². The Balaban J connectivity index is 2.65. The average Bonchev–Trinajstić information content (AvgIpc) is 2.33. The van der Waals surface area contributed by atoms with Crippen LogP contribution in [0.25, 0.3) is 10.4 Å². The molecule has 0 saturated carbocycles. The van der Waals surface area contributed by atoms with Crippen molar-refractivity contribution in [2.45, 2.75) is 13.5 Å². The predicted molar refractivity (Wildman–Crippen MR) is 64.7 cm³/mol. The van der Waals surface area contributed by atoms with Crippen molar-refractivity contribution in [3.8, 4) is 11.8 Å². The largest absolute Gasteiger partial charge is 0.313 e. The number of rotatable bonds is 4. The molecule has 0 aromatic heterocycles. The second kappa shape index (κ2) is 7.36. The molecule has 1 aromatic carbocycles. The molecule has 0 amide bonds. The first kappa shape index (κ1) is 12.1. The van der Waals surface area contributed by atoms with Crippen molar-refractivity contribution in [2.24, 2.45) is 5.11 Å². The van der Waals surface area contributed by atoms with Gasteiger partial charge in [-0.3, -0.25) is 0 Å². The SMILES string of the molecule is CCNCc1cccc(C#CCN=[N+]=[N-])c1. The van der Waals surface area contributed by atoms with Gasteiger partial charge >= 0.3 is 0 Å². The summed E-state index contributed by atoms with van der Waals surface area (Å²) in [5.41, 5.74) is 10.2. The maximum atomic E-state index is 8.09. The monoisotopic (exact) mass is 214 g/mol. The lowest BCUT2D eigenvalue weighted by Crippen LogP contribution is -2.11. The van der Waals surface area contributed by atoms with Crippen molar-refractivity contribution in [3.05, 3.63) is 45.8 Å². The molecule has 0 aliphatic heterocycles. The predicted octanol–water partition coefficient (Wildman–Crippen LogP) is 2.46. The van der Waals surface area contributed by atoms with Gasteiger partial charge in [0.05, 0.1) is 6.54 Å². The summed E-state index contributed by atoms with van der Waals surface area (Å²) in [5, 5.41) is 6.61. The van der Waals surface area contributed by atoms with Crippen LogP contribution in [0.15, 0.2) is 29.4 Å². The number of benzene rings is 1. The van der Waals surface area contributed by atoms with Gasteiger partial charge in [0, 0.05) is 17.0 Å². The summed E-state index contributed by atoms with van der Waals surface area (Å²) < 4.78 is 0. The van der Waals surface area contributed by atoms with Crippen LogP contribution < -0.4 is 5.32 Å². The van der Waals surface area contributed by atoms with E-state index in [9.17, 15) is 0 Å². The molecule has 0 fully saturated rings. The molecule has 0 aliphatic carbocycles. The fourth-order valence-electron chi connectivity index (χ4n) is 1.24. The maximum Gasteiger partial charge on any atom is 0.0880 e. The van der Waals surface area contributed by atoms with E-state index in [0.717, 1.165) is 18.7 Å². The van der Waals surface area contributed by atoms with E-state index in [0.29, 0.717) is 0 Å². The van der Waals surface area contributed by atoms with Gasteiger partial charge in [0.2, 0.25) is 0 Å². The van der Waals surface area contributed by atoms with Gasteiger partial charge in [-0.2, -0.15) is 0 Å². The van der Waals surface area contributed by atoms with Gasteiger partial charge in [0.15, 0.2) is 0 Å². The van der Waals surface area contributed by atoms with Gasteiger partial charge in [0.25, 0.3) is 0 Å². The summed E-state index contributed by atoms with van der Waals surface area (Å²) in [4.78, 5) is 2.64. The zero-order valence-corrected chi connectivity index (χ0v) is 9.27. The molecule has 0 aliphatic rings. The molecular weight excluding hydrogens is 200 g/mol. The zero-order chi connectivity index (χ0) is 11.6. The van der Waals surface area contributed by atoms with Crippen molar-refractivity contribution in [2.75, 3.05) is 13.1 Å². The van der Waals surface area contributed by atoms with Crippen LogP contribution in [0.2, 0.25) is 0 Å². The minimum absolute atomic E-state index is 0.216. The minimum Gasteiger partial charge on any atom is -0.313 e. The van der Waals surface area contributed by atoms with Crippen LogP contribution in [-0.4, -0.2) is 13.1 Å². The van der Waals surface area contributed by atoms with Crippen molar-refractivity contribution < 1.29 is 0 Å². The van der Waals surface area contributed by atoms with E-state index in [1.807, 2.05) is 18.2 Å². The first-order valence-electron chi connectivity index (χ1n) is 5.16. The van der Waals surface area contributed by atoms with Gasteiger partial charge in [0.1, 0.15) is 0 Å². The third-order valence-electron chi connectivity index (χ3n) is 1.95. The fraction of sp³-hybridized carbons (Fsp3) is 0.333. The van der Waals surface area contributed by atoms with Crippen LogP contribution in [0.5, 0.6) is 0 Å². The van der Waals surface area contributed by atoms with Crippen molar-refractivity contribution in [1.29, 1.82) is 0 Å². The standard InChI is InChI=1S/C12H14N4/c1-2-14-10-12-6-3-5-11(9-12)7-4-8-15-16-13/h3,5-6,9,14H,2,8,10H2,1H3. The quantitative estimate of drug-likeness (QED) is 0.356. The van der Waals surface area contributed by atoms with Gasteiger partial charge in [-0.1, -0.05) is 36.0 Å². The summed E-state index contributed by atoms with van der Waals surface area (Å²) in [6.45, 7) is 4.09. The third-order valence-corrected chi connectivity index (χ3v) is 1.95. The fourth-order valence-corrected chi connectivity index (χ4v) is 1.24. The topological polar surface area (TPSA) is 60.8 Å². The summed E-state index contributed by atoms with van der Waals surface area (Å²) in [6, 6.07) is 8.01. The van der Waals surface area contributed by atoms with Gasteiger partial charge < -0.3 is 5.32 Å². The van der Waals surface area contributed by atoms with E-state index in [4.69, 9.17) is 5.53 Å². The first-order valence-corrected chi connectivity index (χ1v) is 5.16. The van der Waals surface area contributed by atoms with Crippen LogP contribution in [0.4, 0.5) is 0 Å². The Hall–Kier alpha value is -1.95. The molecule has 82 valence electrons. The van der Waals surface area contributed by atoms with Crippen LogP contribution in [0.1, 0.15) is 18.1 Å². The molecule has 0 atom stereocenters. The van der Waals surface area contributed by atoms with Crippen LogP contribution in [0, 0.1) is 11.8 Å². The van der Waals surface area contributed by atoms with E-state index in [1.165, 1.54) is 5.56 Å². The molecular formula is C12H14N4. The maximum absolute atomic E-state index is 8.09. The summed E-state index contributed by atoms with van der Waals surface area (Å²) in [5.74, 6) is 5.75. The number of hydrogen-bond donors (Lipinski definition) is 1. The number of hydrogen-bond acceptors (Lipinski definition) is 2. The lowest BCUT2D eigenvalue weighted by atomic mass is 10.1. The average molecular weight is 214 g/mol. The molecule has 0 spiro atoms. The highest BCUT2D eigenvalue weighted by molar-refractivity contribution is 5.37.